The van der Waals surface area contributed by atoms with Gasteiger partial charge in [-0.05, 0) is 39.0 Å². The number of hydrogen-bond donors (Lipinski definition) is 1. The van der Waals surface area contributed by atoms with E-state index in [0.29, 0.717) is 17.4 Å². The largest absolute Gasteiger partial charge is 0.396 e. The summed E-state index contributed by atoms with van der Waals surface area (Å²) in [7, 11) is 0. The van der Waals surface area contributed by atoms with Gasteiger partial charge >= 0.3 is 0 Å². The minimum Gasteiger partial charge on any atom is -0.396 e. The summed E-state index contributed by atoms with van der Waals surface area (Å²) in [6.45, 7) is 6.84. The zero-order valence-electron chi connectivity index (χ0n) is 8.69. The average Bonchev–Trinajstić information content (AvgIpc) is 1.99. The molecule has 0 saturated carbocycles. The molecule has 0 aliphatic rings. The molecule has 0 aromatic carbocycles. The highest BCUT2D eigenvalue weighted by atomic mass is 79.9. The molecule has 2 atom stereocenters. The van der Waals surface area contributed by atoms with Crippen molar-refractivity contribution in [3.63, 3.8) is 0 Å². The number of rotatable bonds is 6. The monoisotopic (exact) mass is 314 g/mol. The molecule has 13 heavy (non-hydrogen) atoms. The van der Waals surface area contributed by atoms with Gasteiger partial charge in [-0.3, -0.25) is 0 Å². The molecule has 0 rings (SSSR count). The van der Waals surface area contributed by atoms with Gasteiger partial charge in [0.2, 0.25) is 0 Å². The minimum absolute atomic E-state index is 0.159. The van der Waals surface area contributed by atoms with Gasteiger partial charge < -0.3 is 5.11 Å². The van der Waals surface area contributed by atoms with Crippen LogP contribution < -0.4 is 0 Å². The maximum Gasteiger partial charge on any atom is 0.0433 e. The fourth-order valence-electron chi connectivity index (χ4n) is 1.14. The van der Waals surface area contributed by atoms with Crippen LogP contribution in [0.4, 0.5) is 0 Å². The Bertz CT molecular complexity index is 131. The number of hydrogen-bond acceptors (Lipinski definition) is 1. The first-order valence-electron chi connectivity index (χ1n) is 4.81. The molecule has 0 unspecified atom stereocenters. The summed E-state index contributed by atoms with van der Waals surface area (Å²) in [5.74, 6) is 0.625. The van der Waals surface area contributed by atoms with Crippen molar-refractivity contribution in [1.82, 2.24) is 0 Å². The summed E-state index contributed by atoms with van der Waals surface area (Å²) in [5.41, 5.74) is 0. The summed E-state index contributed by atoms with van der Waals surface area (Å²) in [6, 6.07) is 0. The third kappa shape index (κ3) is 6.92. The molecule has 0 radical (unpaired) electrons. The molecule has 0 heterocycles. The molecule has 0 saturated heterocycles. The molecule has 0 bridgehead atoms. The Morgan fingerprint density at radius 1 is 1.23 bits per heavy atom. The van der Waals surface area contributed by atoms with Gasteiger partial charge in [0.25, 0.3) is 0 Å². The lowest BCUT2D eigenvalue weighted by Gasteiger charge is -2.24. The Morgan fingerprint density at radius 2 is 1.77 bits per heavy atom. The normalized spacial score (nSPS) is 17.1. The number of aliphatic hydroxyl groups excluding tert-OH is 1. The number of aliphatic hydroxyl groups is 1. The summed E-state index contributed by atoms with van der Waals surface area (Å²) in [5, 5.41) is 8.74. The topological polar surface area (TPSA) is 20.2 Å². The lowest BCUT2D eigenvalue weighted by Crippen LogP contribution is -2.24. The lowest BCUT2D eigenvalue weighted by molar-refractivity contribution is 0.256. The predicted molar refractivity (Wildman–Crippen MR) is 65.8 cm³/mol. The summed E-state index contributed by atoms with van der Waals surface area (Å²) in [6.07, 6.45) is 3.24. The van der Waals surface area contributed by atoms with Crippen LogP contribution in [0.1, 0.15) is 40.0 Å². The van der Waals surface area contributed by atoms with Crippen molar-refractivity contribution in [3.8, 4) is 0 Å². The van der Waals surface area contributed by atoms with E-state index >= 15 is 0 Å². The van der Waals surface area contributed by atoms with Crippen molar-refractivity contribution in [1.29, 1.82) is 0 Å². The van der Waals surface area contributed by atoms with Gasteiger partial charge in [0, 0.05) is 15.8 Å². The van der Waals surface area contributed by atoms with E-state index in [4.69, 9.17) is 5.11 Å². The van der Waals surface area contributed by atoms with Crippen LogP contribution in [0, 0.1) is 5.92 Å². The van der Waals surface area contributed by atoms with Crippen molar-refractivity contribution in [2.24, 2.45) is 5.92 Å². The Hall–Kier alpha value is 0.920. The average molecular weight is 316 g/mol. The number of halogens is 2. The van der Waals surface area contributed by atoms with Gasteiger partial charge in [-0.2, -0.15) is 0 Å². The predicted octanol–water partition coefficient (Wildman–Crippen LogP) is 3.72. The fourth-order valence-corrected chi connectivity index (χ4v) is 1.63. The van der Waals surface area contributed by atoms with Crippen molar-refractivity contribution < 1.29 is 5.11 Å². The van der Waals surface area contributed by atoms with Crippen LogP contribution in [0.15, 0.2) is 0 Å². The molecule has 0 fully saturated rings. The highest BCUT2D eigenvalue weighted by Crippen LogP contribution is 2.31. The van der Waals surface area contributed by atoms with Gasteiger partial charge in [-0.1, -0.05) is 38.8 Å². The van der Waals surface area contributed by atoms with Gasteiger partial charge in [-0.15, -0.1) is 0 Å². The zero-order chi connectivity index (χ0) is 10.5. The molecule has 0 aromatic heterocycles. The van der Waals surface area contributed by atoms with Crippen LogP contribution in [0.2, 0.25) is 0 Å². The van der Waals surface area contributed by atoms with Crippen molar-refractivity contribution in [2.45, 2.75) is 49.2 Å². The van der Waals surface area contributed by atoms with Gasteiger partial charge in [0.05, 0.1) is 0 Å². The van der Waals surface area contributed by atoms with E-state index in [9.17, 15) is 0 Å². The second-order valence-electron chi connectivity index (χ2n) is 4.23. The molecule has 1 N–H and O–H groups in total. The molecule has 1 nitrogen and oxygen atoms in total. The van der Waals surface area contributed by atoms with Crippen molar-refractivity contribution in [3.05, 3.63) is 0 Å². The molecular formula is C10H20Br2O. The standard InChI is InChI=1S/C10H20Br2O/c1-8(6-7-13)4-5-9(11)10(2,3)12/h8-9,13H,4-7H2,1-3H3/t8-,9+/m1/s1. The minimum atomic E-state index is 0.159. The van der Waals surface area contributed by atoms with E-state index in [2.05, 4.69) is 52.6 Å². The smallest absolute Gasteiger partial charge is 0.0433 e. The Morgan fingerprint density at radius 3 is 2.15 bits per heavy atom. The van der Waals surface area contributed by atoms with Crippen LogP contribution in [0.25, 0.3) is 0 Å². The molecule has 0 amide bonds. The SMILES string of the molecule is C[C@@H](CCO)CC[C@H](Br)C(C)(C)Br. The van der Waals surface area contributed by atoms with Crippen LogP contribution in [-0.4, -0.2) is 20.9 Å². The molecular weight excluding hydrogens is 296 g/mol. The number of alkyl halides is 2. The van der Waals surface area contributed by atoms with Crippen molar-refractivity contribution >= 4 is 31.9 Å². The van der Waals surface area contributed by atoms with E-state index in [1.807, 2.05) is 0 Å². The third-order valence-corrected chi connectivity index (χ3v) is 5.05. The first kappa shape index (κ1) is 13.9. The van der Waals surface area contributed by atoms with E-state index in [1.165, 1.54) is 6.42 Å². The summed E-state index contributed by atoms with van der Waals surface area (Å²) < 4.78 is 0.159. The highest BCUT2D eigenvalue weighted by Gasteiger charge is 2.23. The molecule has 3 heteroatoms. The zero-order valence-corrected chi connectivity index (χ0v) is 11.9. The molecule has 0 spiro atoms. The van der Waals surface area contributed by atoms with Crippen LogP contribution in [0.3, 0.4) is 0 Å². The van der Waals surface area contributed by atoms with Crippen LogP contribution >= 0.6 is 31.9 Å². The van der Waals surface area contributed by atoms with E-state index in [-0.39, 0.29) is 4.32 Å². The van der Waals surface area contributed by atoms with Gasteiger partial charge in [0.15, 0.2) is 0 Å². The Labute approximate surface area is 98.6 Å². The van der Waals surface area contributed by atoms with Crippen LogP contribution in [-0.2, 0) is 0 Å². The molecule has 0 aromatic rings. The Kier molecular flexibility index (Phi) is 6.87. The van der Waals surface area contributed by atoms with E-state index in [0.717, 1.165) is 12.8 Å². The molecule has 0 aliphatic carbocycles. The second kappa shape index (κ2) is 6.41. The van der Waals surface area contributed by atoms with E-state index < -0.39 is 0 Å². The first-order valence-corrected chi connectivity index (χ1v) is 6.52. The molecule has 0 aliphatic heterocycles. The third-order valence-electron chi connectivity index (χ3n) is 2.28. The first-order chi connectivity index (χ1) is 5.88. The van der Waals surface area contributed by atoms with Crippen molar-refractivity contribution in [2.75, 3.05) is 6.61 Å². The Balaban J connectivity index is 3.63. The maximum absolute atomic E-state index is 8.74. The highest BCUT2D eigenvalue weighted by molar-refractivity contribution is 9.12. The lowest BCUT2D eigenvalue weighted by atomic mass is 9.97. The van der Waals surface area contributed by atoms with Gasteiger partial charge in [-0.25, -0.2) is 0 Å². The van der Waals surface area contributed by atoms with E-state index in [1.54, 1.807) is 0 Å². The van der Waals surface area contributed by atoms with Crippen LogP contribution in [0.5, 0.6) is 0 Å². The fraction of sp³-hybridized carbons (Fsp3) is 1.00. The second-order valence-corrected chi connectivity index (χ2v) is 7.38. The maximum atomic E-state index is 8.74. The van der Waals surface area contributed by atoms with Gasteiger partial charge in [0.1, 0.15) is 0 Å². The summed E-state index contributed by atoms with van der Waals surface area (Å²) in [4.78, 5) is 0.501. The summed E-state index contributed by atoms with van der Waals surface area (Å²) >= 11 is 7.31. The quantitative estimate of drug-likeness (QED) is 0.741. The molecule has 80 valence electrons.